The smallest absolute Gasteiger partial charge is 0.393 e. The summed E-state index contributed by atoms with van der Waals surface area (Å²) in [6.07, 6.45) is -4.31. The predicted octanol–water partition coefficient (Wildman–Crippen LogP) is -1.78. The summed E-state index contributed by atoms with van der Waals surface area (Å²) < 4.78 is 0. The molecule has 1 atom stereocenters. The maximum Gasteiger partial charge on any atom is 0.477 e. The van der Waals surface area contributed by atoms with E-state index in [1.807, 2.05) is 0 Å². The number of aliphatic hydroxyl groups is 2. The number of hydrogen-bond donors (Lipinski definition) is 2. The van der Waals surface area contributed by atoms with Crippen molar-refractivity contribution >= 4 is 0 Å². The highest BCUT2D eigenvalue weighted by Crippen LogP contribution is 1.97. The molecule has 0 bridgehead atoms. The molecule has 0 rings (SSSR count). The molecule has 8 heteroatoms. The third-order valence-corrected chi connectivity index (χ3v) is 0.963. The van der Waals surface area contributed by atoms with Gasteiger partial charge in [0, 0.05) is 0 Å². The topological polar surface area (TPSA) is 127 Å². The van der Waals surface area contributed by atoms with Gasteiger partial charge in [-0.15, -0.1) is 0 Å². The maximum atomic E-state index is 9.83. The van der Waals surface area contributed by atoms with Crippen LogP contribution in [-0.4, -0.2) is 38.9 Å². The minimum absolute atomic E-state index is 1.01. The zero-order chi connectivity index (χ0) is 9.02. The molecule has 0 heterocycles. The van der Waals surface area contributed by atoms with E-state index in [1.165, 1.54) is 0 Å². The molecule has 0 radical (unpaired) electrons. The van der Waals surface area contributed by atoms with Crippen LogP contribution in [0.1, 0.15) is 0 Å². The van der Waals surface area contributed by atoms with Crippen molar-refractivity contribution in [3.05, 3.63) is 20.2 Å². The van der Waals surface area contributed by atoms with Gasteiger partial charge in [-0.2, -0.15) is 0 Å². The quantitative estimate of drug-likeness (QED) is 0.288. The van der Waals surface area contributed by atoms with Crippen molar-refractivity contribution in [3.8, 4) is 0 Å². The Morgan fingerprint density at radius 1 is 1.27 bits per heavy atom. The summed E-state index contributed by atoms with van der Waals surface area (Å²) in [5.74, 6) is 0. The molecule has 0 aromatic heterocycles. The molecule has 0 amide bonds. The molecule has 0 aliphatic heterocycles. The average molecular weight is 166 g/mol. The van der Waals surface area contributed by atoms with E-state index in [4.69, 9.17) is 10.2 Å². The fraction of sp³-hybridized carbons (Fsp3) is 1.00. The number of rotatable bonds is 4. The van der Waals surface area contributed by atoms with Crippen LogP contribution in [0.2, 0.25) is 0 Å². The molecule has 64 valence electrons. The highest BCUT2D eigenvalue weighted by Gasteiger charge is 2.40. The summed E-state index contributed by atoms with van der Waals surface area (Å²) in [5, 5.41) is 36.3. The normalized spacial score (nSPS) is 13.0. The Labute approximate surface area is 60.4 Å². The Morgan fingerprint density at radius 3 is 1.73 bits per heavy atom. The minimum Gasteiger partial charge on any atom is -0.393 e. The van der Waals surface area contributed by atoms with Gasteiger partial charge in [0.15, 0.2) is 0 Å². The van der Waals surface area contributed by atoms with E-state index in [-0.39, 0.29) is 0 Å². The molecule has 0 aliphatic rings. The van der Waals surface area contributed by atoms with E-state index in [2.05, 4.69) is 0 Å². The van der Waals surface area contributed by atoms with Crippen molar-refractivity contribution in [2.24, 2.45) is 0 Å². The van der Waals surface area contributed by atoms with Crippen molar-refractivity contribution in [1.29, 1.82) is 0 Å². The van der Waals surface area contributed by atoms with Gasteiger partial charge in [-0.05, 0) is 0 Å². The van der Waals surface area contributed by atoms with Gasteiger partial charge >= 0.3 is 6.17 Å². The second-order valence-corrected chi connectivity index (χ2v) is 1.73. The predicted molar refractivity (Wildman–Crippen MR) is 30.9 cm³/mol. The van der Waals surface area contributed by atoms with Gasteiger partial charge in [0.2, 0.25) is 6.10 Å². The van der Waals surface area contributed by atoms with E-state index in [9.17, 15) is 20.2 Å². The summed E-state index contributed by atoms with van der Waals surface area (Å²) in [4.78, 5) is 17.1. The van der Waals surface area contributed by atoms with Crippen molar-refractivity contribution in [2.75, 3.05) is 6.61 Å². The Kier molecular flexibility index (Phi) is 3.34. The molecular weight excluding hydrogens is 160 g/mol. The van der Waals surface area contributed by atoms with Crippen LogP contribution >= 0.6 is 0 Å². The molecule has 0 spiro atoms. The second kappa shape index (κ2) is 3.78. The average Bonchev–Trinajstić information content (AvgIpc) is 1.85. The molecule has 0 saturated heterocycles. The molecule has 0 aromatic carbocycles. The molecular formula is C3H6N2O6. The lowest BCUT2D eigenvalue weighted by Gasteiger charge is -2.04. The lowest BCUT2D eigenvalue weighted by molar-refractivity contribution is -0.751. The van der Waals surface area contributed by atoms with Gasteiger partial charge < -0.3 is 10.2 Å². The van der Waals surface area contributed by atoms with Crippen LogP contribution in [0, 0.1) is 20.2 Å². The van der Waals surface area contributed by atoms with Crippen molar-refractivity contribution in [2.45, 2.75) is 12.3 Å². The Morgan fingerprint density at radius 2 is 1.64 bits per heavy atom. The van der Waals surface area contributed by atoms with E-state index in [0.29, 0.717) is 0 Å². The maximum absolute atomic E-state index is 9.83. The van der Waals surface area contributed by atoms with Gasteiger partial charge in [-0.1, -0.05) is 0 Å². The summed E-state index contributed by atoms with van der Waals surface area (Å²) in [7, 11) is 0. The van der Waals surface area contributed by atoms with Crippen molar-refractivity contribution in [1.82, 2.24) is 0 Å². The van der Waals surface area contributed by atoms with Gasteiger partial charge in [-0.25, -0.2) is 0 Å². The van der Waals surface area contributed by atoms with Crippen LogP contribution in [0.15, 0.2) is 0 Å². The fourth-order valence-electron chi connectivity index (χ4n) is 0.452. The molecule has 11 heavy (non-hydrogen) atoms. The number of nitro groups is 2. The zero-order valence-corrected chi connectivity index (χ0v) is 5.28. The van der Waals surface area contributed by atoms with E-state index >= 15 is 0 Å². The zero-order valence-electron chi connectivity index (χ0n) is 5.28. The highest BCUT2D eigenvalue weighted by molar-refractivity contribution is 4.54. The Bertz CT molecular complexity index is 155. The summed E-state index contributed by atoms with van der Waals surface area (Å²) >= 11 is 0. The molecule has 0 fully saturated rings. The van der Waals surface area contributed by atoms with Gasteiger partial charge in [-0.3, -0.25) is 20.2 Å². The van der Waals surface area contributed by atoms with E-state index in [1.54, 1.807) is 0 Å². The fourth-order valence-corrected chi connectivity index (χ4v) is 0.452. The summed E-state index contributed by atoms with van der Waals surface area (Å²) in [5.41, 5.74) is 0. The van der Waals surface area contributed by atoms with Crippen LogP contribution in [0.25, 0.3) is 0 Å². The number of aliphatic hydroxyl groups excluding tert-OH is 2. The standard InChI is InChI=1S/C3H6N2O6/c6-1-2(7)3(4(8)9)5(10)11/h2-3,6-7H,1H2. The first kappa shape index (κ1) is 9.72. The van der Waals surface area contributed by atoms with Crippen LogP contribution in [-0.2, 0) is 0 Å². The van der Waals surface area contributed by atoms with Crippen LogP contribution in [0.5, 0.6) is 0 Å². The third kappa shape index (κ3) is 2.43. The number of nitrogens with zero attached hydrogens (tertiary/aromatic N) is 2. The third-order valence-electron chi connectivity index (χ3n) is 0.963. The van der Waals surface area contributed by atoms with Crippen LogP contribution < -0.4 is 0 Å². The lowest BCUT2D eigenvalue weighted by atomic mass is 10.3. The van der Waals surface area contributed by atoms with Crippen LogP contribution in [0.4, 0.5) is 0 Å². The first-order chi connectivity index (χ1) is 5.00. The van der Waals surface area contributed by atoms with E-state index in [0.717, 1.165) is 0 Å². The molecule has 8 nitrogen and oxygen atoms in total. The molecule has 1 unspecified atom stereocenters. The minimum atomic E-state index is -2.35. The highest BCUT2D eigenvalue weighted by atomic mass is 16.7. The molecule has 2 N–H and O–H groups in total. The molecule has 0 aliphatic carbocycles. The lowest BCUT2D eigenvalue weighted by Crippen LogP contribution is -2.42. The molecule has 0 aromatic rings. The summed E-state index contributed by atoms with van der Waals surface area (Å²) in [6, 6.07) is 0. The SMILES string of the molecule is O=[N+]([O-])C(C(O)CO)[N+](=O)[O-]. The van der Waals surface area contributed by atoms with Gasteiger partial charge in [0.05, 0.1) is 16.5 Å². The summed E-state index contributed by atoms with van der Waals surface area (Å²) in [6.45, 7) is -1.01. The van der Waals surface area contributed by atoms with Gasteiger partial charge in [0.1, 0.15) is 0 Å². The van der Waals surface area contributed by atoms with Crippen molar-refractivity contribution in [3.63, 3.8) is 0 Å². The Balaban J connectivity index is 4.34. The number of hydrogen-bond acceptors (Lipinski definition) is 6. The molecule has 0 saturated carbocycles. The van der Waals surface area contributed by atoms with E-state index < -0.39 is 28.7 Å². The van der Waals surface area contributed by atoms with Crippen LogP contribution in [0.3, 0.4) is 0 Å². The Hall–Kier alpha value is -1.28. The first-order valence-corrected chi connectivity index (χ1v) is 2.56. The largest absolute Gasteiger partial charge is 0.477 e. The first-order valence-electron chi connectivity index (χ1n) is 2.56. The van der Waals surface area contributed by atoms with Gasteiger partial charge in [0.25, 0.3) is 0 Å². The van der Waals surface area contributed by atoms with Crippen molar-refractivity contribution < 1.29 is 20.1 Å². The monoisotopic (exact) mass is 166 g/mol. The second-order valence-electron chi connectivity index (χ2n) is 1.73.